The summed E-state index contributed by atoms with van der Waals surface area (Å²) >= 11 is 0. The smallest absolute Gasteiger partial charge is 0.253 e. The van der Waals surface area contributed by atoms with E-state index in [0.717, 1.165) is 23.9 Å². The Bertz CT molecular complexity index is 498. The molecule has 3 atom stereocenters. The molecule has 2 aliphatic rings. The van der Waals surface area contributed by atoms with E-state index in [1.165, 1.54) is 25.7 Å². The summed E-state index contributed by atoms with van der Waals surface area (Å²) in [7, 11) is 0. The minimum absolute atomic E-state index is 0.0275. The van der Waals surface area contributed by atoms with Gasteiger partial charge in [-0.1, -0.05) is 12.5 Å². The predicted molar refractivity (Wildman–Crippen MR) is 76.9 cm³/mol. The summed E-state index contributed by atoms with van der Waals surface area (Å²) in [5.74, 6) is 2.44. The lowest BCUT2D eigenvalue weighted by atomic mass is 9.89. The third kappa shape index (κ3) is 2.46. The number of nitrogens with one attached hydrogen (secondary N) is 1. The molecule has 1 aromatic rings. The van der Waals surface area contributed by atoms with E-state index in [4.69, 9.17) is 5.73 Å². The molecular formula is C16H22N2O. The summed E-state index contributed by atoms with van der Waals surface area (Å²) in [5, 5.41) is 3.07. The van der Waals surface area contributed by atoms with Crippen molar-refractivity contribution in [2.24, 2.45) is 17.8 Å². The molecule has 2 aliphatic carbocycles. The van der Waals surface area contributed by atoms with Crippen molar-refractivity contribution < 1.29 is 4.79 Å². The number of anilines is 1. The highest BCUT2D eigenvalue weighted by molar-refractivity contribution is 5.99. The van der Waals surface area contributed by atoms with Gasteiger partial charge in [0.15, 0.2) is 0 Å². The van der Waals surface area contributed by atoms with Gasteiger partial charge >= 0.3 is 0 Å². The van der Waals surface area contributed by atoms with Crippen molar-refractivity contribution in [3.05, 3.63) is 29.3 Å². The first-order chi connectivity index (χ1) is 9.13. The fourth-order valence-corrected chi connectivity index (χ4v) is 3.83. The van der Waals surface area contributed by atoms with E-state index < -0.39 is 0 Å². The molecule has 0 aromatic heterocycles. The SMILES string of the molecule is Cc1ccc(C(=O)NCC2CC3CCC2C3)c(N)c1. The second kappa shape index (κ2) is 4.87. The lowest BCUT2D eigenvalue weighted by Crippen LogP contribution is -2.32. The molecular weight excluding hydrogens is 236 g/mol. The molecule has 0 aliphatic heterocycles. The Morgan fingerprint density at radius 1 is 1.37 bits per heavy atom. The Kier molecular flexibility index (Phi) is 3.21. The van der Waals surface area contributed by atoms with Crippen LogP contribution in [0.15, 0.2) is 18.2 Å². The minimum atomic E-state index is -0.0275. The second-order valence-electron chi connectivity index (χ2n) is 6.24. The Morgan fingerprint density at radius 3 is 2.84 bits per heavy atom. The molecule has 2 saturated carbocycles. The van der Waals surface area contributed by atoms with E-state index in [1.807, 2.05) is 25.1 Å². The first-order valence-corrected chi connectivity index (χ1v) is 7.28. The standard InChI is InChI=1S/C16H22N2O/c1-10-2-5-14(15(17)6-10)16(19)18-9-13-8-11-3-4-12(13)7-11/h2,5-6,11-13H,3-4,7-9,17H2,1H3,(H,18,19). The van der Waals surface area contributed by atoms with Crippen LogP contribution in [0.5, 0.6) is 0 Å². The molecule has 2 fully saturated rings. The molecule has 0 saturated heterocycles. The van der Waals surface area contributed by atoms with Gasteiger partial charge in [0.2, 0.25) is 0 Å². The molecule has 2 bridgehead atoms. The number of nitrogen functional groups attached to an aromatic ring is 1. The highest BCUT2D eigenvalue weighted by atomic mass is 16.1. The van der Waals surface area contributed by atoms with Crippen LogP contribution in [0.25, 0.3) is 0 Å². The maximum absolute atomic E-state index is 12.1. The summed E-state index contributed by atoms with van der Waals surface area (Å²) in [6.07, 6.45) is 5.44. The van der Waals surface area contributed by atoms with E-state index >= 15 is 0 Å². The molecule has 3 N–H and O–H groups in total. The number of amides is 1. The summed E-state index contributed by atoms with van der Waals surface area (Å²) in [4.78, 5) is 12.1. The molecule has 0 spiro atoms. The largest absolute Gasteiger partial charge is 0.398 e. The molecule has 3 nitrogen and oxygen atoms in total. The average molecular weight is 258 g/mol. The van der Waals surface area contributed by atoms with Gasteiger partial charge in [-0.25, -0.2) is 0 Å². The van der Waals surface area contributed by atoms with E-state index in [-0.39, 0.29) is 5.91 Å². The number of benzene rings is 1. The van der Waals surface area contributed by atoms with Gasteiger partial charge in [0.1, 0.15) is 0 Å². The zero-order valence-corrected chi connectivity index (χ0v) is 11.5. The minimum Gasteiger partial charge on any atom is -0.398 e. The average Bonchev–Trinajstić information content (AvgIpc) is 2.98. The van der Waals surface area contributed by atoms with Gasteiger partial charge in [0, 0.05) is 12.2 Å². The van der Waals surface area contributed by atoms with Crippen LogP contribution in [0.3, 0.4) is 0 Å². The van der Waals surface area contributed by atoms with E-state index in [1.54, 1.807) is 0 Å². The number of carbonyl (C=O) groups is 1. The summed E-state index contributed by atoms with van der Waals surface area (Å²) in [6, 6.07) is 5.61. The first kappa shape index (κ1) is 12.5. The first-order valence-electron chi connectivity index (χ1n) is 7.28. The van der Waals surface area contributed by atoms with Gasteiger partial charge in [-0.05, 0) is 61.6 Å². The Balaban J connectivity index is 1.59. The van der Waals surface area contributed by atoms with Crippen molar-refractivity contribution in [2.45, 2.75) is 32.6 Å². The maximum atomic E-state index is 12.1. The number of hydrogen-bond donors (Lipinski definition) is 2. The highest BCUT2D eigenvalue weighted by Gasteiger charge is 2.39. The number of aryl methyl sites for hydroxylation is 1. The predicted octanol–water partition coefficient (Wildman–Crippen LogP) is 2.74. The zero-order chi connectivity index (χ0) is 13.4. The molecule has 0 radical (unpaired) electrons. The van der Waals surface area contributed by atoms with Gasteiger partial charge in [0.05, 0.1) is 5.56 Å². The number of carbonyl (C=O) groups excluding carboxylic acids is 1. The van der Waals surface area contributed by atoms with Crippen molar-refractivity contribution in [3.63, 3.8) is 0 Å². The van der Waals surface area contributed by atoms with Crippen LogP contribution in [0, 0.1) is 24.7 Å². The van der Waals surface area contributed by atoms with Crippen molar-refractivity contribution in [2.75, 3.05) is 12.3 Å². The zero-order valence-electron chi connectivity index (χ0n) is 11.5. The number of fused-ring (bicyclic) bond motifs is 2. The van der Waals surface area contributed by atoms with Gasteiger partial charge in [0.25, 0.3) is 5.91 Å². The Labute approximate surface area is 114 Å². The van der Waals surface area contributed by atoms with Crippen molar-refractivity contribution >= 4 is 11.6 Å². The fourth-order valence-electron chi connectivity index (χ4n) is 3.83. The fraction of sp³-hybridized carbons (Fsp3) is 0.562. The number of nitrogens with two attached hydrogens (primary N) is 1. The van der Waals surface area contributed by atoms with E-state index in [9.17, 15) is 4.79 Å². The maximum Gasteiger partial charge on any atom is 0.253 e. The van der Waals surface area contributed by atoms with Gasteiger partial charge in [-0.15, -0.1) is 0 Å². The molecule has 1 amide bonds. The lowest BCUT2D eigenvalue weighted by Gasteiger charge is -2.22. The number of hydrogen-bond acceptors (Lipinski definition) is 2. The van der Waals surface area contributed by atoms with Crippen LogP contribution in [-0.4, -0.2) is 12.5 Å². The molecule has 3 heteroatoms. The van der Waals surface area contributed by atoms with Gasteiger partial charge in [-0.2, -0.15) is 0 Å². The lowest BCUT2D eigenvalue weighted by molar-refractivity contribution is 0.0942. The monoisotopic (exact) mass is 258 g/mol. The van der Waals surface area contributed by atoms with Crippen LogP contribution in [-0.2, 0) is 0 Å². The van der Waals surface area contributed by atoms with Crippen molar-refractivity contribution in [1.82, 2.24) is 5.32 Å². The van der Waals surface area contributed by atoms with Crippen molar-refractivity contribution in [1.29, 1.82) is 0 Å². The summed E-state index contributed by atoms with van der Waals surface area (Å²) in [6.45, 7) is 2.79. The Morgan fingerprint density at radius 2 is 2.21 bits per heavy atom. The van der Waals surface area contributed by atoms with Crippen LogP contribution in [0.1, 0.15) is 41.6 Å². The van der Waals surface area contributed by atoms with Crippen LogP contribution < -0.4 is 11.1 Å². The Hall–Kier alpha value is -1.51. The topological polar surface area (TPSA) is 55.1 Å². The molecule has 19 heavy (non-hydrogen) atoms. The van der Waals surface area contributed by atoms with Crippen molar-refractivity contribution in [3.8, 4) is 0 Å². The summed E-state index contributed by atoms with van der Waals surface area (Å²) < 4.78 is 0. The normalized spacial score (nSPS) is 28.6. The third-order valence-electron chi connectivity index (χ3n) is 4.86. The summed E-state index contributed by atoms with van der Waals surface area (Å²) in [5.41, 5.74) is 8.17. The quantitative estimate of drug-likeness (QED) is 0.819. The van der Waals surface area contributed by atoms with Crippen LogP contribution in [0.4, 0.5) is 5.69 Å². The molecule has 102 valence electrons. The second-order valence-corrected chi connectivity index (χ2v) is 6.24. The molecule has 3 rings (SSSR count). The highest BCUT2D eigenvalue weighted by Crippen LogP contribution is 2.47. The third-order valence-corrected chi connectivity index (χ3v) is 4.86. The van der Waals surface area contributed by atoms with E-state index in [2.05, 4.69) is 5.32 Å². The van der Waals surface area contributed by atoms with Gasteiger partial charge in [-0.3, -0.25) is 4.79 Å². The van der Waals surface area contributed by atoms with E-state index in [0.29, 0.717) is 17.2 Å². The molecule has 1 aromatic carbocycles. The van der Waals surface area contributed by atoms with Gasteiger partial charge < -0.3 is 11.1 Å². The van der Waals surface area contributed by atoms with Crippen LogP contribution in [0.2, 0.25) is 0 Å². The molecule has 0 heterocycles. The molecule has 3 unspecified atom stereocenters. The number of rotatable bonds is 3. The van der Waals surface area contributed by atoms with Crippen LogP contribution >= 0.6 is 0 Å².